The molecule has 1 heterocycles. The normalized spacial score (nSPS) is 27.4. The summed E-state index contributed by atoms with van der Waals surface area (Å²) >= 11 is 0. The molecule has 0 spiro atoms. The van der Waals surface area contributed by atoms with Crippen LogP contribution in [0, 0.1) is 37.5 Å². The monoisotopic (exact) mass is 388 g/mol. The molecule has 3 fully saturated rings. The van der Waals surface area contributed by atoms with Crippen molar-refractivity contribution < 1.29 is 14.4 Å². The van der Waals surface area contributed by atoms with E-state index in [1.165, 1.54) is 10.5 Å². The van der Waals surface area contributed by atoms with Gasteiger partial charge in [-0.25, -0.2) is 0 Å². The van der Waals surface area contributed by atoms with E-state index in [-0.39, 0.29) is 29.6 Å². The number of nitrogens with zero attached hydrogens (tertiary/aromatic N) is 1. The van der Waals surface area contributed by atoms with Crippen molar-refractivity contribution in [3.8, 4) is 0 Å². The maximum atomic E-state index is 12.9. The highest BCUT2D eigenvalue weighted by molar-refractivity contribution is 6.22. The number of nitrogens with one attached hydrogen (secondary N) is 1. The SMILES string of the molecule is Cc1ccc(NC(=O)c2ccc(N3C(=O)[C@@H]4[C@H]5CC[C@@H](C5)[C@H]4C3=O)cc2)cc1C. The number of fused-ring (bicyclic) bond motifs is 5. The molecule has 1 saturated heterocycles. The summed E-state index contributed by atoms with van der Waals surface area (Å²) in [5.41, 5.74) is 4.09. The van der Waals surface area contributed by atoms with Gasteiger partial charge in [0.25, 0.3) is 5.91 Å². The molecule has 5 rings (SSSR count). The van der Waals surface area contributed by atoms with Crippen LogP contribution in [0.3, 0.4) is 0 Å². The van der Waals surface area contributed by atoms with Crippen LogP contribution >= 0.6 is 0 Å². The zero-order valence-electron chi connectivity index (χ0n) is 16.6. The predicted molar refractivity (Wildman–Crippen MR) is 111 cm³/mol. The summed E-state index contributed by atoms with van der Waals surface area (Å²) in [6.45, 7) is 4.03. The van der Waals surface area contributed by atoms with Crippen LogP contribution in [0.4, 0.5) is 11.4 Å². The number of hydrogen-bond acceptors (Lipinski definition) is 3. The standard InChI is InChI=1S/C24H24N2O3/c1-13-3-8-18(11-14(13)2)25-22(27)15-6-9-19(10-7-15)26-23(28)20-16-4-5-17(12-16)21(20)24(26)29/h3,6-11,16-17,20-21H,4-5,12H2,1-2H3,(H,25,27)/t16-,17-,20+,21+/m0/s1. The summed E-state index contributed by atoms with van der Waals surface area (Å²) in [7, 11) is 0. The highest BCUT2D eigenvalue weighted by Crippen LogP contribution is 2.56. The highest BCUT2D eigenvalue weighted by Gasteiger charge is 2.61. The van der Waals surface area contributed by atoms with Crippen molar-refractivity contribution in [2.24, 2.45) is 23.7 Å². The van der Waals surface area contributed by atoms with Gasteiger partial charge in [-0.15, -0.1) is 0 Å². The van der Waals surface area contributed by atoms with E-state index in [0.717, 1.165) is 30.5 Å². The first-order chi connectivity index (χ1) is 13.9. The van der Waals surface area contributed by atoms with Gasteiger partial charge in [-0.1, -0.05) is 6.07 Å². The van der Waals surface area contributed by atoms with E-state index < -0.39 is 0 Å². The van der Waals surface area contributed by atoms with Crippen molar-refractivity contribution in [3.63, 3.8) is 0 Å². The molecule has 1 N–H and O–H groups in total. The van der Waals surface area contributed by atoms with Crippen molar-refractivity contribution >= 4 is 29.1 Å². The fraction of sp³-hybridized carbons (Fsp3) is 0.375. The van der Waals surface area contributed by atoms with Crippen molar-refractivity contribution in [1.29, 1.82) is 0 Å². The second-order valence-electron chi connectivity index (χ2n) is 8.70. The molecule has 5 nitrogen and oxygen atoms in total. The Balaban J connectivity index is 1.34. The van der Waals surface area contributed by atoms with Crippen LogP contribution in [0.25, 0.3) is 0 Å². The molecule has 1 aliphatic heterocycles. The van der Waals surface area contributed by atoms with Crippen LogP contribution in [-0.2, 0) is 9.59 Å². The number of carbonyl (C=O) groups is 3. The number of amides is 3. The topological polar surface area (TPSA) is 66.5 Å². The Labute approximate surface area is 170 Å². The lowest BCUT2D eigenvalue weighted by Gasteiger charge is -2.19. The molecule has 4 atom stereocenters. The Morgan fingerprint density at radius 2 is 1.52 bits per heavy atom. The average molecular weight is 388 g/mol. The summed E-state index contributed by atoms with van der Waals surface area (Å²) in [4.78, 5) is 39.8. The van der Waals surface area contributed by atoms with Crippen LogP contribution < -0.4 is 10.2 Å². The number of anilines is 2. The van der Waals surface area contributed by atoms with E-state index in [1.54, 1.807) is 24.3 Å². The minimum Gasteiger partial charge on any atom is -0.322 e. The summed E-state index contributed by atoms with van der Waals surface area (Å²) in [6, 6.07) is 12.5. The molecule has 2 bridgehead atoms. The van der Waals surface area contributed by atoms with Gasteiger partial charge in [0.15, 0.2) is 0 Å². The molecule has 2 aliphatic carbocycles. The first-order valence-corrected chi connectivity index (χ1v) is 10.3. The average Bonchev–Trinajstić information content (AvgIpc) is 3.39. The van der Waals surface area contributed by atoms with Gasteiger partial charge < -0.3 is 5.32 Å². The maximum Gasteiger partial charge on any atom is 0.255 e. The first kappa shape index (κ1) is 18.1. The Morgan fingerprint density at radius 3 is 2.10 bits per heavy atom. The molecule has 2 saturated carbocycles. The molecule has 29 heavy (non-hydrogen) atoms. The van der Waals surface area contributed by atoms with Crippen LogP contribution in [0.2, 0.25) is 0 Å². The maximum absolute atomic E-state index is 12.9. The third kappa shape index (κ3) is 2.79. The first-order valence-electron chi connectivity index (χ1n) is 10.3. The van der Waals surface area contributed by atoms with E-state index in [9.17, 15) is 14.4 Å². The fourth-order valence-electron chi connectivity index (χ4n) is 5.45. The van der Waals surface area contributed by atoms with Crippen molar-refractivity contribution in [2.75, 3.05) is 10.2 Å². The van der Waals surface area contributed by atoms with Gasteiger partial charge in [0.1, 0.15) is 0 Å². The fourth-order valence-corrected chi connectivity index (χ4v) is 5.45. The zero-order valence-corrected chi connectivity index (χ0v) is 16.6. The molecule has 2 aromatic carbocycles. The van der Waals surface area contributed by atoms with E-state index in [2.05, 4.69) is 5.32 Å². The van der Waals surface area contributed by atoms with Gasteiger partial charge in [-0.3, -0.25) is 19.3 Å². The number of imide groups is 1. The summed E-state index contributed by atoms with van der Waals surface area (Å²) in [6.07, 6.45) is 3.16. The second-order valence-corrected chi connectivity index (χ2v) is 8.70. The van der Waals surface area contributed by atoms with Crippen LogP contribution in [0.1, 0.15) is 40.7 Å². The molecular weight excluding hydrogens is 364 g/mol. The van der Waals surface area contributed by atoms with Gasteiger partial charge in [0, 0.05) is 11.3 Å². The largest absolute Gasteiger partial charge is 0.322 e. The van der Waals surface area contributed by atoms with Gasteiger partial charge in [0.05, 0.1) is 17.5 Å². The molecule has 3 amide bonds. The third-order valence-corrected chi connectivity index (χ3v) is 7.08. The Kier molecular flexibility index (Phi) is 4.09. The molecular formula is C24H24N2O3. The Bertz CT molecular complexity index is 999. The van der Waals surface area contributed by atoms with E-state index >= 15 is 0 Å². The van der Waals surface area contributed by atoms with Crippen LogP contribution in [0.15, 0.2) is 42.5 Å². The minimum absolute atomic E-state index is 0.0560. The van der Waals surface area contributed by atoms with Crippen LogP contribution in [-0.4, -0.2) is 17.7 Å². The van der Waals surface area contributed by atoms with Crippen LogP contribution in [0.5, 0.6) is 0 Å². The molecule has 2 aromatic rings. The number of benzene rings is 2. The van der Waals surface area contributed by atoms with E-state index in [4.69, 9.17) is 0 Å². The molecule has 0 unspecified atom stereocenters. The predicted octanol–water partition coefficient (Wildman–Crippen LogP) is 4.09. The number of hydrogen-bond donors (Lipinski definition) is 1. The molecule has 0 radical (unpaired) electrons. The number of carbonyl (C=O) groups excluding carboxylic acids is 3. The summed E-state index contributed by atoms with van der Waals surface area (Å²) in [5, 5.41) is 2.90. The Hall–Kier alpha value is -2.95. The van der Waals surface area contributed by atoms with Crippen molar-refractivity contribution in [1.82, 2.24) is 0 Å². The number of aryl methyl sites for hydroxylation is 2. The third-order valence-electron chi connectivity index (χ3n) is 7.08. The second kappa shape index (κ2) is 6.55. The van der Waals surface area contributed by atoms with Gasteiger partial charge >= 0.3 is 0 Å². The van der Waals surface area contributed by atoms with Crippen molar-refractivity contribution in [3.05, 3.63) is 59.2 Å². The molecule has 3 aliphatic rings. The Morgan fingerprint density at radius 1 is 0.897 bits per heavy atom. The van der Waals surface area contributed by atoms with Gasteiger partial charge in [0.2, 0.25) is 11.8 Å². The molecule has 5 heteroatoms. The van der Waals surface area contributed by atoms with Gasteiger partial charge in [-0.05, 0) is 92.5 Å². The lowest BCUT2D eigenvalue weighted by Crippen LogP contribution is -2.32. The molecule has 0 aromatic heterocycles. The summed E-state index contributed by atoms with van der Waals surface area (Å²) < 4.78 is 0. The quantitative estimate of drug-likeness (QED) is 0.806. The highest BCUT2D eigenvalue weighted by atomic mass is 16.2. The van der Waals surface area contributed by atoms with E-state index in [1.807, 2.05) is 32.0 Å². The smallest absolute Gasteiger partial charge is 0.255 e. The summed E-state index contributed by atoms with van der Waals surface area (Å²) in [5.74, 6) is 0.153. The number of rotatable bonds is 3. The lowest BCUT2D eigenvalue weighted by atomic mass is 9.81. The molecule has 148 valence electrons. The van der Waals surface area contributed by atoms with E-state index in [0.29, 0.717) is 23.1 Å². The zero-order chi connectivity index (χ0) is 20.3. The minimum atomic E-state index is -0.214. The van der Waals surface area contributed by atoms with Gasteiger partial charge in [-0.2, -0.15) is 0 Å². The van der Waals surface area contributed by atoms with Crippen molar-refractivity contribution in [2.45, 2.75) is 33.1 Å². The lowest BCUT2D eigenvalue weighted by molar-refractivity contribution is -0.123.